The number of anilines is 1. The second-order valence-corrected chi connectivity index (χ2v) is 8.80. The molecular formula is C21H20Cl2N6O4S. The van der Waals surface area contributed by atoms with Crippen molar-refractivity contribution in [2.75, 3.05) is 11.1 Å². The monoisotopic (exact) mass is 522 g/mol. The molecule has 2 aromatic carbocycles. The molecule has 2 amide bonds. The van der Waals surface area contributed by atoms with Crippen molar-refractivity contribution in [3.63, 3.8) is 0 Å². The molecule has 1 heterocycles. The first-order valence-electron chi connectivity index (χ1n) is 10.0. The Balaban J connectivity index is 1.60. The topological polar surface area (TPSA) is 132 Å². The van der Waals surface area contributed by atoms with Crippen LogP contribution in [0, 0.1) is 17.0 Å². The number of non-ortho nitro benzene ring substituents is 1. The summed E-state index contributed by atoms with van der Waals surface area (Å²) in [5.41, 5.74) is 1.34. The van der Waals surface area contributed by atoms with Gasteiger partial charge in [0.15, 0.2) is 11.0 Å². The first-order valence-corrected chi connectivity index (χ1v) is 11.8. The molecule has 34 heavy (non-hydrogen) atoms. The number of carbonyl (C=O) groups excluding carboxylic acids is 2. The van der Waals surface area contributed by atoms with Crippen molar-refractivity contribution in [1.82, 2.24) is 20.1 Å². The second kappa shape index (κ2) is 11.3. The molecule has 0 aliphatic carbocycles. The lowest BCUT2D eigenvalue weighted by molar-refractivity contribution is -0.384. The molecule has 0 saturated heterocycles. The van der Waals surface area contributed by atoms with E-state index < -0.39 is 4.92 Å². The van der Waals surface area contributed by atoms with Crippen LogP contribution in [-0.2, 0) is 17.9 Å². The summed E-state index contributed by atoms with van der Waals surface area (Å²) in [6.45, 7) is 4.29. The summed E-state index contributed by atoms with van der Waals surface area (Å²) in [6, 6.07) is 8.87. The molecule has 0 radical (unpaired) electrons. The van der Waals surface area contributed by atoms with Gasteiger partial charge >= 0.3 is 0 Å². The van der Waals surface area contributed by atoms with Crippen LogP contribution < -0.4 is 10.6 Å². The van der Waals surface area contributed by atoms with E-state index in [4.69, 9.17) is 23.2 Å². The highest BCUT2D eigenvalue weighted by Crippen LogP contribution is 2.24. The molecule has 10 nitrogen and oxygen atoms in total. The first kappa shape index (κ1) is 25.5. The maximum atomic E-state index is 12.4. The van der Waals surface area contributed by atoms with E-state index in [0.29, 0.717) is 39.4 Å². The van der Waals surface area contributed by atoms with Crippen LogP contribution in [0.5, 0.6) is 0 Å². The van der Waals surface area contributed by atoms with Crippen molar-refractivity contribution in [3.8, 4) is 0 Å². The van der Waals surface area contributed by atoms with Crippen LogP contribution in [0.15, 0.2) is 41.6 Å². The molecule has 13 heteroatoms. The Bertz CT molecular complexity index is 1250. The Hall–Kier alpha value is -3.15. The molecule has 0 fully saturated rings. The minimum absolute atomic E-state index is 0.0237. The number of rotatable bonds is 9. The van der Waals surface area contributed by atoms with Gasteiger partial charge in [-0.2, -0.15) is 0 Å². The average Bonchev–Trinajstić information content (AvgIpc) is 3.20. The highest BCUT2D eigenvalue weighted by atomic mass is 35.5. The maximum Gasteiger partial charge on any atom is 0.271 e. The highest BCUT2D eigenvalue weighted by Gasteiger charge is 2.16. The molecule has 3 aromatic rings. The van der Waals surface area contributed by atoms with E-state index >= 15 is 0 Å². The molecule has 0 unspecified atom stereocenters. The molecule has 1 aromatic heterocycles. The minimum atomic E-state index is -0.518. The zero-order chi connectivity index (χ0) is 24.8. The number of hydrogen-bond donors (Lipinski definition) is 2. The number of halogens is 2. The van der Waals surface area contributed by atoms with Crippen LogP contribution in [0.3, 0.4) is 0 Å². The van der Waals surface area contributed by atoms with E-state index in [2.05, 4.69) is 20.8 Å². The number of benzene rings is 2. The molecule has 0 aliphatic heterocycles. The van der Waals surface area contributed by atoms with E-state index in [1.807, 2.05) is 6.92 Å². The third-order valence-corrected chi connectivity index (χ3v) is 6.44. The van der Waals surface area contributed by atoms with Crippen molar-refractivity contribution in [3.05, 3.63) is 73.5 Å². The van der Waals surface area contributed by atoms with Gasteiger partial charge in [-0.05, 0) is 37.6 Å². The van der Waals surface area contributed by atoms with Gasteiger partial charge in [0, 0.05) is 24.2 Å². The summed E-state index contributed by atoms with van der Waals surface area (Å²) in [6.07, 6.45) is 0. The van der Waals surface area contributed by atoms with Gasteiger partial charge in [-0.25, -0.2) is 0 Å². The molecule has 3 rings (SSSR count). The lowest BCUT2D eigenvalue weighted by atomic mass is 10.2. The van der Waals surface area contributed by atoms with E-state index in [0.717, 1.165) is 0 Å². The minimum Gasteiger partial charge on any atom is -0.345 e. The van der Waals surface area contributed by atoms with E-state index in [1.165, 1.54) is 30.0 Å². The summed E-state index contributed by atoms with van der Waals surface area (Å²) >= 11 is 13.0. The Kier molecular flexibility index (Phi) is 8.48. The Morgan fingerprint density at radius 2 is 1.91 bits per heavy atom. The smallest absolute Gasteiger partial charge is 0.271 e. The van der Waals surface area contributed by atoms with Crippen LogP contribution in [-0.4, -0.2) is 37.3 Å². The SMILES string of the molecule is CCn1c(CNC(=O)c2ccc(Cl)c(Cl)c2)nnc1SCC(=O)Nc1cc([N+](=O)[O-])ccc1C. The van der Waals surface area contributed by atoms with Crippen LogP contribution >= 0.6 is 35.0 Å². The fraction of sp³-hybridized carbons (Fsp3) is 0.238. The number of nitro groups is 1. The number of nitrogens with zero attached hydrogens (tertiary/aromatic N) is 4. The second-order valence-electron chi connectivity index (χ2n) is 7.05. The van der Waals surface area contributed by atoms with Crippen molar-refractivity contribution >= 4 is 58.2 Å². The summed E-state index contributed by atoms with van der Waals surface area (Å²) in [5, 5.41) is 25.8. The van der Waals surface area contributed by atoms with Crippen molar-refractivity contribution < 1.29 is 14.5 Å². The van der Waals surface area contributed by atoms with E-state index in [1.54, 1.807) is 29.7 Å². The van der Waals surface area contributed by atoms with Crippen LogP contribution in [0.1, 0.15) is 28.7 Å². The van der Waals surface area contributed by atoms with Gasteiger partial charge in [0.25, 0.3) is 11.6 Å². The molecule has 0 spiro atoms. The number of hydrogen-bond acceptors (Lipinski definition) is 7. The quantitative estimate of drug-likeness (QED) is 0.240. The molecule has 0 atom stereocenters. The number of thioether (sulfide) groups is 1. The summed E-state index contributed by atoms with van der Waals surface area (Å²) < 4.78 is 1.78. The number of aryl methyl sites for hydroxylation is 1. The summed E-state index contributed by atoms with van der Waals surface area (Å²) in [7, 11) is 0. The van der Waals surface area contributed by atoms with Crippen LogP contribution in [0.25, 0.3) is 0 Å². The largest absolute Gasteiger partial charge is 0.345 e. The zero-order valence-electron chi connectivity index (χ0n) is 18.2. The fourth-order valence-corrected chi connectivity index (χ4v) is 4.07. The number of amides is 2. The number of nitro benzene ring substituents is 1. The van der Waals surface area contributed by atoms with Gasteiger partial charge in [-0.15, -0.1) is 10.2 Å². The normalized spacial score (nSPS) is 10.7. The summed E-state index contributed by atoms with van der Waals surface area (Å²) in [4.78, 5) is 35.3. The lowest BCUT2D eigenvalue weighted by Crippen LogP contribution is -2.24. The average molecular weight is 523 g/mol. The predicted molar refractivity (Wildman–Crippen MR) is 131 cm³/mol. The molecule has 178 valence electrons. The third kappa shape index (κ3) is 6.25. The Morgan fingerprint density at radius 1 is 1.15 bits per heavy atom. The van der Waals surface area contributed by atoms with E-state index in [9.17, 15) is 19.7 Å². The Labute approximate surface area is 209 Å². The maximum absolute atomic E-state index is 12.4. The fourth-order valence-electron chi connectivity index (χ4n) is 2.95. The highest BCUT2D eigenvalue weighted by molar-refractivity contribution is 7.99. The molecule has 0 aliphatic rings. The predicted octanol–water partition coefficient (Wildman–Crippen LogP) is 4.48. The Morgan fingerprint density at radius 3 is 2.59 bits per heavy atom. The molecule has 0 saturated carbocycles. The van der Waals surface area contributed by atoms with Gasteiger partial charge in [0.05, 0.1) is 33.0 Å². The number of aromatic nitrogens is 3. The molecular weight excluding hydrogens is 503 g/mol. The van der Waals surface area contributed by atoms with Crippen molar-refractivity contribution in [1.29, 1.82) is 0 Å². The number of carbonyl (C=O) groups is 2. The van der Waals surface area contributed by atoms with Gasteiger partial charge in [-0.3, -0.25) is 19.7 Å². The van der Waals surface area contributed by atoms with Crippen molar-refractivity contribution in [2.24, 2.45) is 0 Å². The van der Waals surface area contributed by atoms with Gasteiger partial charge in [0.1, 0.15) is 0 Å². The standard InChI is InChI=1S/C21H20Cl2N6O4S/c1-3-28-18(10-24-20(31)13-5-7-15(22)16(23)8-13)26-27-21(28)34-11-19(30)25-17-9-14(29(32)33)6-4-12(17)2/h4-9H,3,10-11H2,1-2H3,(H,24,31)(H,25,30). The summed E-state index contributed by atoms with van der Waals surface area (Å²) in [5.74, 6) is -0.136. The van der Waals surface area contributed by atoms with Crippen LogP contribution in [0.4, 0.5) is 11.4 Å². The van der Waals surface area contributed by atoms with Gasteiger partial charge in [-0.1, -0.05) is 41.0 Å². The van der Waals surface area contributed by atoms with Crippen molar-refractivity contribution in [2.45, 2.75) is 32.1 Å². The first-order chi connectivity index (χ1) is 16.2. The lowest BCUT2D eigenvalue weighted by Gasteiger charge is -2.10. The van der Waals surface area contributed by atoms with Gasteiger partial charge < -0.3 is 15.2 Å². The third-order valence-electron chi connectivity index (χ3n) is 4.74. The van der Waals surface area contributed by atoms with Crippen LogP contribution in [0.2, 0.25) is 10.0 Å². The molecule has 0 bridgehead atoms. The zero-order valence-corrected chi connectivity index (χ0v) is 20.5. The molecule has 2 N–H and O–H groups in total. The number of nitrogens with one attached hydrogen (secondary N) is 2. The van der Waals surface area contributed by atoms with E-state index in [-0.39, 0.29) is 34.8 Å². The van der Waals surface area contributed by atoms with Gasteiger partial charge in [0.2, 0.25) is 5.91 Å².